The predicted octanol–water partition coefficient (Wildman–Crippen LogP) is 4.24. The lowest BCUT2D eigenvalue weighted by atomic mass is 10.2. The van der Waals surface area contributed by atoms with E-state index >= 15 is 0 Å². The van der Waals surface area contributed by atoms with Crippen LogP contribution in [0.3, 0.4) is 0 Å². The third-order valence-electron chi connectivity index (χ3n) is 4.03. The molecule has 136 valence electrons. The number of imidazole rings is 1. The Morgan fingerprint density at radius 1 is 1.24 bits per heavy atom. The van der Waals surface area contributed by atoms with Crippen LogP contribution in [0.5, 0.6) is 0 Å². The van der Waals surface area contributed by atoms with Gasteiger partial charge in [0.15, 0.2) is 0 Å². The summed E-state index contributed by atoms with van der Waals surface area (Å²) in [4.78, 5) is 17.4. The van der Waals surface area contributed by atoms with E-state index in [2.05, 4.69) is 4.98 Å². The number of aromatic nitrogens is 2. The number of ether oxygens (including phenoxy) is 1. The second-order valence-corrected chi connectivity index (χ2v) is 7.16. The first-order valence-electron chi connectivity index (χ1n) is 8.08. The second kappa shape index (κ2) is 5.93. The average Bonchev–Trinajstić information content (AvgIpc) is 3.09. The van der Waals surface area contributed by atoms with E-state index in [1.807, 2.05) is 0 Å². The molecule has 0 radical (unpaired) electrons. The van der Waals surface area contributed by atoms with Crippen LogP contribution < -0.4 is 0 Å². The van der Waals surface area contributed by atoms with Gasteiger partial charge in [0.1, 0.15) is 5.60 Å². The maximum absolute atomic E-state index is 13.4. The molecule has 2 aromatic rings. The Bertz CT molecular complexity index is 793. The van der Waals surface area contributed by atoms with Crippen LogP contribution in [0.1, 0.15) is 39.1 Å². The molecule has 8 heteroatoms. The molecule has 0 saturated carbocycles. The summed E-state index contributed by atoms with van der Waals surface area (Å²) in [6.45, 7) is 5.78. The number of carbonyl (C=O) groups excluding carboxylic acids is 1. The Kier molecular flexibility index (Phi) is 4.17. The largest absolute Gasteiger partial charge is 0.449 e. The van der Waals surface area contributed by atoms with Gasteiger partial charge in [-0.1, -0.05) is 12.1 Å². The van der Waals surface area contributed by atoms with Gasteiger partial charge in [0.05, 0.1) is 17.1 Å². The van der Waals surface area contributed by atoms with Crippen LogP contribution in [0, 0.1) is 0 Å². The van der Waals surface area contributed by atoms with E-state index < -0.39 is 29.7 Å². The van der Waals surface area contributed by atoms with Crippen LogP contribution in [-0.2, 0) is 10.9 Å². The first-order chi connectivity index (χ1) is 11.6. The molecule has 0 bridgehead atoms. The molecular weight excluding hydrogens is 335 g/mol. The van der Waals surface area contributed by atoms with E-state index in [1.54, 1.807) is 45.0 Å². The van der Waals surface area contributed by atoms with Crippen molar-refractivity contribution < 1.29 is 22.7 Å². The molecular formula is C17H20F3N3O2. The van der Waals surface area contributed by atoms with Crippen molar-refractivity contribution in [1.82, 2.24) is 14.5 Å². The van der Waals surface area contributed by atoms with E-state index in [9.17, 15) is 18.0 Å². The van der Waals surface area contributed by atoms with Gasteiger partial charge in [-0.05, 0) is 39.3 Å². The molecule has 1 atom stereocenters. The van der Waals surface area contributed by atoms with Crippen LogP contribution >= 0.6 is 0 Å². The minimum absolute atomic E-state index is 0.165. The number of hydrogen-bond acceptors (Lipinski definition) is 3. The summed E-state index contributed by atoms with van der Waals surface area (Å²) in [7, 11) is 0. The summed E-state index contributed by atoms with van der Waals surface area (Å²) < 4.78 is 46.8. The zero-order valence-electron chi connectivity index (χ0n) is 14.3. The Labute approximate surface area is 143 Å². The highest BCUT2D eigenvalue weighted by Crippen LogP contribution is 2.36. The van der Waals surface area contributed by atoms with Crippen molar-refractivity contribution in [2.75, 3.05) is 13.1 Å². The van der Waals surface area contributed by atoms with Crippen molar-refractivity contribution in [2.24, 2.45) is 0 Å². The van der Waals surface area contributed by atoms with Gasteiger partial charge in [-0.15, -0.1) is 0 Å². The average molecular weight is 355 g/mol. The van der Waals surface area contributed by atoms with Crippen LogP contribution in [0.4, 0.5) is 18.0 Å². The number of hydrogen-bond donors (Lipinski definition) is 0. The summed E-state index contributed by atoms with van der Waals surface area (Å²) >= 11 is 0. The maximum Gasteiger partial charge on any atom is 0.449 e. The zero-order valence-corrected chi connectivity index (χ0v) is 14.3. The molecule has 1 aromatic carbocycles. The molecule has 1 aromatic heterocycles. The summed E-state index contributed by atoms with van der Waals surface area (Å²) in [5, 5.41) is 0. The lowest BCUT2D eigenvalue weighted by Gasteiger charge is -2.24. The molecule has 0 spiro atoms. The molecule has 2 heterocycles. The molecule has 0 aliphatic carbocycles. The molecule has 1 aliphatic rings. The molecule has 0 N–H and O–H groups in total. The van der Waals surface area contributed by atoms with Gasteiger partial charge >= 0.3 is 12.3 Å². The number of para-hydroxylation sites is 2. The van der Waals surface area contributed by atoms with E-state index in [-0.39, 0.29) is 6.54 Å². The number of amides is 1. The van der Waals surface area contributed by atoms with Crippen LogP contribution in [0.2, 0.25) is 0 Å². The molecule has 1 fully saturated rings. The van der Waals surface area contributed by atoms with Gasteiger partial charge in [0.2, 0.25) is 5.82 Å². The lowest BCUT2D eigenvalue weighted by Crippen LogP contribution is -2.35. The van der Waals surface area contributed by atoms with Crippen molar-refractivity contribution in [3.8, 4) is 0 Å². The van der Waals surface area contributed by atoms with Gasteiger partial charge < -0.3 is 14.2 Å². The number of rotatable bonds is 1. The standard InChI is InChI=1S/C17H20F3N3O2/c1-16(2,3)25-15(24)22-9-8-11(10-22)23-13-7-5-4-6-12(13)21-14(23)17(18,19)20/h4-7,11H,8-10H2,1-3H3/t11-/m0/s1. The monoisotopic (exact) mass is 355 g/mol. The summed E-state index contributed by atoms with van der Waals surface area (Å²) in [5.74, 6) is -0.926. The van der Waals surface area contributed by atoms with Crippen molar-refractivity contribution >= 4 is 17.1 Å². The number of fused-ring (bicyclic) bond motifs is 1. The van der Waals surface area contributed by atoms with Crippen molar-refractivity contribution in [3.63, 3.8) is 0 Å². The minimum atomic E-state index is -4.56. The lowest BCUT2D eigenvalue weighted by molar-refractivity contribution is -0.147. The Morgan fingerprint density at radius 3 is 2.56 bits per heavy atom. The molecule has 5 nitrogen and oxygen atoms in total. The fraction of sp³-hybridized carbons (Fsp3) is 0.529. The number of halogens is 3. The fourth-order valence-electron chi connectivity index (χ4n) is 3.06. The molecule has 3 rings (SSSR count). The molecule has 1 aliphatic heterocycles. The highest BCUT2D eigenvalue weighted by molar-refractivity contribution is 5.76. The fourth-order valence-corrected chi connectivity index (χ4v) is 3.06. The smallest absolute Gasteiger partial charge is 0.444 e. The third kappa shape index (κ3) is 3.57. The van der Waals surface area contributed by atoms with E-state index in [0.29, 0.717) is 24.0 Å². The normalized spacial score (nSPS) is 18.8. The van der Waals surface area contributed by atoms with E-state index in [1.165, 1.54) is 9.47 Å². The molecule has 0 unspecified atom stereocenters. The summed E-state index contributed by atoms with van der Waals surface area (Å²) in [6, 6.07) is 6.02. The van der Waals surface area contributed by atoms with Crippen molar-refractivity contribution in [3.05, 3.63) is 30.1 Å². The summed E-state index contributed by atoms with van der Waals surface area (Å²) in [6.07, 6.45) is -4.64. The van der Waals surface area contributed by atoms with Crippen molar-refractivity contribution in [2.45, 2.75) is 45.0 Å². The predicted molar refractivity (Wildman–Crippen MR) is 86.2 cm³/mol. The Morgan fingerprint density at radius 2 is 1.92 bits per heavy atom. The van der Waals surface area contributed by atoms with Gasteiger partial charge in [0, 0.05) is 13.1 Å². The maximum atomic E-state index is 13.4. The Hall–Kier alpha value is -2.25. The highest BCUT2D eigenvalue weighted by Gasteiger charge is 2.41. The topological polar surface area (TPSA) is 47.4 Å². The number of likely N-dealkylation sites (tertiary alicyclic amines) is 1. The van der Waals surface area contributed by atoms with E-state index in [0.717, 1.165) is 0 Å². The Balaban J connectivity index is 1.91. The number of carbonyl (C=O) groups is 1. The SMILES string of the molecule is CC(C)(C)OC(=O)N1CC[C@H](n2c(C(F)(F)F)nc3ccccc32)C1. The number of benzene rings is 1. The third-order valence-corrected chi connectivity index (χ3v) is 4.03. The minimum Gasteiger partial charge on any atom is -0.444 e. The van der Waals surface area contributed by atoms with E-state index in [4.69, 9.17) is 4.74 Å². The van der Waals surface area contributed by atoms with Crippen LogP contribution in [-0.4, -0.2) is 39.2 Å². The first-order valence-corrected chi connectivity index (χ1v) is 8.08. The number of nitrogens with zero attached hydrogens (tertiary/aromatic N) is 3. The van der Waals surface area contributed by atoms with Crippen LogP contribution in [0.25, 0.3) is 11.0 Å². The summed E-state index contributed by atoms with van der Waals surface area (Å²) in [5.41, 5.74) is 0.0741. The van der Waals surface area contributed by atoms with Gasteiger partial charge in [-0.25, -0.2) is 9.78 Å². The van der Waals surface area contributed by atoms with Crippen molar-refractivity contribution in [1.29, 1.82) is 0 Å². The number of alkyl halides is 3. The highest BCUT2D eigenvalue weighted by atomic mass is 19.4. The molecule has 25 heavy (non-hydrogen) atoms. The second-order valence-electron chi connectivity index (χ2n) is 7.16. The van der Waals surface area contributed by atoms with Crippen LogP contribution in [0.15, 0.2) is 24.3 Å². The quantitative estimate of drug-likeness (QED) is 0.769. The zero-order chi connectivity index (χ0) is 18.4. The van der Waals surface area contributed by atoms with Gasteiger partial charge in [-0.3, -0.25) is 0 Å². The molecule has 1 saturated heterocycles. The van der Waals surface area contributed by atoms with Gasteiger partial charge in [-0.2, -0.15) is 13.2 Å². The molecule has 1 amide bonds. The van der Waals surface area contributed by atoms with Gasteiger partial charge in [0.25, 0.3) is 0 Å². The first kappa shape index (κ1) is 17.6.